The first-order valence-electron chi connectivity index (χ1n) is 5.82. The molecular weight excluding hydrogens is 240 g/mol. The quantitative estimate of drug-likeness (QED) is 0.716. The summed E-state index contributed by atoms with van der Waals surface area (Å²) in [6, 6.07) is 0.144. The maximum Gasteiger partial charge on any atom is 0.140 e. The van der Waals surface area contributed by atoms with Crippen LogP contribution >= 0.6 is 11.6 Å². The van der Waals surface area contributed by atoms with Gasteiger partial charge in [0.25, 0.3) is 0 Å². The normalized spacial score (nSPS) is 13.2. The third kappa shape index (κ3) is 5.02. The standard InChI is InChI=1S/C11H21ClN4O/c1-9(2)6-16-11(14-8-15-16)5-13-10(4-12)7-17-3/h8-10,13H,4-7H2,1-3H3. The second-order valence-electron chi connectivity index (χ2n) is 4.44. The number of rotatable bonds is 8. The van der Waals surface area contributed by atoms with Gasteiger partial charge >= 0.3 is 0 Å². The molecular formula is C11H21ClN4O. The van der Waals surface area contributed by atoms with Gasteiger partial charge in [-0.15, -0.1) is 11.6 Å². The van der Waals surface area contributed by atoms with Crippen molar-refractivity contribution in [2.24, 2.45) is 5.92 Å². The van der Waals surface area contributed by atoms with E-state index < -0.39 is 0 Å². The number of alkyl halides is 1. The molecule has 6 heteroatoms. The van der Waals surface area contributed by atoms with Crippen LogP contribution in [0.1, 0.15) is 19.7 Å². The van der Waals surface area contributed by atoms with Crippen LogP contribution in [0, 0.1) is 5.92 Å². The van der Waals surface area contributed by atoms with E-state index in [0.29, 0.717) is 24.9 Å². The van der Waals surface area contributed by atoms with Gasteiger partial charge in [0.15, 0.2) is 0 Å². The fraction of sp³-hybridized carbons (Fsp3) is 0.818. The largest absolute Gasteiger partial charge is 0.383 e. The molecule has 0 aliphatic heterocycles. The Hall–Kier alpha value is -0.650. The lowest BCUT2D eigenvalue weighted by atomic mass is 10.2. The second kappa shape index (κ2) is 7.63. The molecule has 0 saturated heterocycles. The molecule has 0 saturated carbocycles. The minimum Gasteiger partial charge on any atom is -0.383 e. The molecule has 17 heavy (non-hydrogen) atoms. The van der Waals surface area contributed by atoms with E-state index in [9.17, 15) is 0 Å². The summed E-state index contributed by atoms with van der Waals surface area (Å²) in [7, 11) is 1.67. The third-order valence-electron chi connectivity index (χ3n) is 2.34. The molecule has 98 valence electrons. The highest BCUT2D eigenvalue weighted by Gasteiger charge is 2.10. The summed E-state index contributed by atoms with van der Waals surface area (Å²) in [6.45, 7) is 6.46. The van der Waals surface area contributed by atoms with Crippen LogP contribution in [0.2, 0.25) is 0 Å². The Labute approximate surface area is 108 Å². The predicted octanol–water partition coefficient (Wildman–Crippen LogP) is 1.28. The molecule has 1 aromatic rings. The summed E-state index contributed by atoms with van der Waals surface area (Å²) >= 11 is 5.83. The Bertz CT molecular complexity index is 316. The number of hydrogen-bond acceptors (Lipinski definition) is 4. The predicted molar refractivity (Wildman–Crippen MR) is 68.1 cm³/mol. The molecule has 0 amide bonds. The van der Waals surface area contributed by atoms with Gasteiger partial charge in [-0.05, 0) is 5.92 Å². The zero-order chi connectivity index (χ0) is 12.7. The topological polar surface area (TPSA) is 52.0 Å². The van der Waals surface area contributed by atoms with Crippen LogP contribution in [0.4, 0.5) is 0 Å². The number of aromatic nitrogens is 3. The number of nitrogens with one attached hydrogen (secondary N) is 1. The molecule has 1 rings (SSSR count). The Kier molecular flexibility index (Phi) is 6.47. The van der Waals surface area contributed by atoms with Gasteiger partial charge in [-0.2, -0.15) is 5.10 Å². The van der Waals surface area contributed by atoms with Crippen molar-refractivity contribution < 1.29 is 4.74 Å². The second-order valence-corrected chi connectivity index (χ2v) is 4.75. The van der Waals surface area contributed by atoms with Crippen molar-refractivity contribution in [1.29, 1.82) is 0 Å². The summed E-state index contributed by atoms with van der Waals surface area (Å²) in [5.41, 5.74) is 0. The highest BCUT2D eigenvalue weighted by Crippen LogP contribution is 2.01. The third-order valence-corrected chi connectivity index (χ3v) is 2.71. The molecule has 0 fully saturated rings. The first kappa shape index (κ1) is 14.4. The first-order chi connectivity index (χ1) is 8.17. The van der Waals surface area contributed by atoms with Gasteiger partial charge in [0.2, 0.25) is 0 Å². The number of hydrogen-bond donors (Lipinski definition) is 1. The van der Waals surface area contributed by atoms with Crippen LogP contribution in [-0.4, -0.2) is 40.4 Å². The smallest absolute Gasteiger partial charge is 0.140 e. The van der Waals surface area contributed by atoms with E-state index >= 15 is 0 Å². The lowest BCUT2D eigenvalue weighted by Crippen LogP contribution is -2.35. The van der Waals surface area contributed by atoms with Gasteiger partial charge in [-0.1, -0.05) is 13.8 Å². The van der Waals surface area contributed by atoms with Gasteiger partial charge in [0.05, 0.1) is 13.2 Å². The minimum absolute atomic E-state index is 0.144. The van der Waals surface area contributed by atoms with Crippen LogP contribution in [0.3, 0.4) is 0 Å². The van der Waals surface area contributed by atoms with Crippen molar-refractivity contribution in [3.05, 3.63) is 12.2 Å². The number of ether oxygens (including phenoxy) is 1. The first-order valence-corrected chi connectivity index (χ1v) is 6.35. The van der Waals surface area contributed by atoms with Gasteiger partial charge in [0, 0.05) is 25.6 Å². The highest BCUT2D eigenvalue weighted by atomic mass is 35.5. The summed E-state index contributed by atoms with van der Waals surface area (Å²) < 4.78 is 7.00. The Balaban J connectivity index is 2.47. The maximum absolute atomic E-state index is 5.83. The number of halogens is 1. The molecule has 1 N–H and O–H groups in total. The van der Waals surface area contributed by atoms with Crippen LogP contribution in [-0.2, 0) is 17.8 Å². The van der Waals surface area contributed by atoms with E-state index in [0.717, 1.165) is 12.4 Å². The van der Waals surface area contributed by atoms with E-state index in [4.69, 9.17) is 16.3 Å². The molecule has 0 aliphatic carbocycles. The molecule has 0 spiro atoms. The minimum atomic E-state index is 0.144. The summed E-state index contributed by atoms with van der Waals surface area (Å²) in [5.74, 6) is 2.01. The summed E-state index contributed by atoms with van der Waals surface area (Å²) in [6.07, 6.45) is 1.59. The molecule has 0 aliphatic rings. The Morgan fingerprint density at radius 2 is 2.29 bits per heavy atom. The molecule has 0 radical (unpaired) electrons. The zero-order valence-corrected chi connectivity index (χ0v) is 11.4. The van der Waals surface area contributed by atoms with Crippen molar-refractivity contribution in [3.63, 3.8) is 0 Å². The molecule has 1 unspecified atom stereocenters. The van der Waals surface area contributed by atoms with Crippen LogP contribution in [0.25, 0.3) is 0 Å². The fourth-order valence-corrected chi connectivity index (χ4v) is 1.72. The van der Waals surface area contributed by atoms with Gasteiger partial charge < -0.3 is 10.1 Å². The van der Waals surface area contributed by atoms with E-state index in [-0.39, 0.29) is 6.04 Å². The van der Waals surface area contributed by atoms with Crippen molar-refractivity contribution in [2.75, 3.05) is 19.6 Å². The zero-order valence-electron chi connectivity index (χ0n) is 10.7. The summed E-state index contributed by atoms with van der Waals surface area (Å²) in [4.78, 5) is 4.24. The number of methoxy groups -OCH3 is 1. The average Bonchev–Trinajstić information content (AvgIpc) is 2.71. The SMILES string of the molecule is COCC(CCl)NCc1ncnn1CC(C)C. The average molecular weight is 261 g/mol. The molecule has 5 nitrogen and oxygen atoms in total. The van der Waals surface area contributed by atoms with Crippen LogP contribution < -0.4 is 5.32 Å². The van der Waals surface area contributed by atoms with E-state index in [1.165, 1.54) is 0 Å². The van der Waals surface area contributed by atoms with E-state index in [1.54, 1.807) is 13.4 Å². The van der Waals surface area contributed by atoms with Gasteiger partial charge in [0.1, 0.15) is 12.2 Å². The van der Waals surface area contributed by atoms with Crippen molar-refractivity contribution in [3.8, 4) is 0 Å². The molecule has 0 aromatic carbocycles. The molecule has 1 heterocycles. The maximum atomic E-state index is 5.83. The lowest BCUT2D eigenvalue weighted by molar-refractivity contribution is 0.172. The Morgan fingerprint density at radius 3 is 2.88 bits per heavy atom. The van der Waals surface area contributed by atoms with Crippen molar-refractivity contribution in [2.45, 2.75) is 33.0 Å². The highest BCUT2D eigenvalue weighted by molar-refractivity contribution is 6.18. The van der Waals surface area contributed by atoms with Crippen LogP contribution in [0.5, 0.6) is 0 Å². The van der Waals surface area contributed by atoms with Crippen molar-refractivity contribution >= 4 is 11.6 Å². The molecule has 0 bridgehead atoms. The summed E-state index contributed by atoms with van der Waals surface area (Å²) in [5, 5.41) is 7.51. The van der Waals surface area contributed by atoms with Gasteiger partial charge in [-0.25, -0.2) is 9.67 Å². The van der Waals surface area contributed by atoms with E-state index in [1.807, 2.05) is 4.68 Å². The lowest BCUT2D eigenvalue weighted by Gasteiger charge is -2.15. The van der Waals surface area contributed by atoms with Crippen LogP contribution in [0.15, 0.2) is 6.33 Å². The fourth-order valence-electron chi connectivity index (χ4n) is 1.52. The van der Waals surface area contributed by atoms with Crippen molar-refractivity contribution in [1.82, 2.24) is 20.1 Å². The van der Waals surface area contributed by atoms with Gasteiger partial charge in [-0.3, -0.25) is 0 Å². The molecule has 1 atom stereocenters. The number of nitrogens with zero attached hydrogens (tertiary/aromatic N) is 3. The van der Waals surface area contributed by atoms with E-state index in [2.05, 4.69) is 29.2 Å². The Morgan fingerprint density at radius 1 is 1.53 bits per heavy atom. The molecule has 1 aromatic heterocycles. The monoisotopic (exact) mass is 260 g/mol.